The lowest BCUT2D eigenvalue weighted by molar-refractivity contribution is 0.953. The van der Waals surface area contributed by atoms with E-state index in [2.05, 4.69) is 161 Å². The largest absolute Gasteiger partial charge is 0.278 e. The fourth-order valence-corrected chi connectivity index (χ4v) is 8.04. The number of hydrogen-bond donors (Lipinski definition) is 0. The molecule has 0 saturated carbocycles. The van der Waals surface area contributed by atoms with Crippen molar-refractivity contribution in [2.75, 3.05) is 0 Å². The van der Waals surface area contributed by atoms with Gasteiger partial charge in [-0.25, -0.2) is 9.50 Å². The normalized spacial score (nSPS) is 11.6. The van der Waals surface area contributed by atoms with E-state index in [1.807, 2.05) is 42.5 Å². The number of aromatic nitrogens is 6. The Morgan fingerprint density at radius 1 is 0.375 bits per heavy atom. The summed E-state index contributed by atoms with van der Waals surface area (Å²) in [6.07, 6.45) is 0. The molecule has 11 rings (SSSR count). The Bertz CT molecular complexity index is 3190. The molecule has 0 aliphatic rings. The zero-order valence-electron chi connectivity index (χ0n) is 30.2. The summed E-state index contributed by atoms with van der Waals surface area (Å²) in [5.74, 6) is 1.76. The van der Waals surface area contributed by atoms with Crippen molar-refractivity contribution in [2.45, 2.75) is 0 Å². The zero-order chi connectivity index (χ0) is 37.0. The van der Waals surface area contributed by atoms with Crippen LogP contribution >= 0.6 is 0 Å². The van der Waals surface area contributed by atoms with E-state index in [4.69, 9.17) is 20.1 Å². The van der Waals surface area contributed by atoms with Crippen LogP contribution in [-0.4, -0.2) is 29.1 Å². The van der Waals surface area contributed by atoms with Crippen molar-refractivity contribution in [1.82, 2.24) is 29.1 Å². The van der Waals surface area contributed by atoms with Crippen LogP contribution in [-0.2, 0) is 0 Å². The predicted octanol–water partition coefficient (Wildman–Crippen LogP) is 12.1. The number of benzene rings is 7. The number of nitrogens with zero attached hydrogens (tertiary/aromatic N) is 6. The molecular formula is C50H32N6. The van der Waals surface area contributed by atoms with Gasteiger partial charge in [0.05, 0.1) is 22.2 Å². The van der Waals surface area contributed by atoms with Crippen LogP contribution in [0.15, 0.2) is 194 Å². The van der Waals surface area contributed by atoms with E-state index in [0.717, 1.165) is 82.9 Å². The van der Waals surface area contributed by atoms with E-state index in [0.29, 0.717) is 17.6 Å². The molecule has 0 aliphatic heterocycles. The maximum absolute atomic E-state index is 5.42. The van der Waals surface area contributed by atoms with E-state index >= 15 is 0 Å². The van der Waals surface area contributed by atoms with Crippen LogP contribution in [0.2, 0.25) is 0 Å². The zero-order valence-corrected chi connectivity index (χ0v) is 30.2. The average Bonchev–Trinajstić information content (AvgIpc) is 3.85. The van der Waals surface area contributed by atoms with Crippen molar-refractivity contribution in [1.29, 1.82) is 0 Å². The molecule has 0 amide bonds. The molecule has 7 aromatic carbocycles. The number of hydrogen-bond acceptors (Lipinski definition) is 4. The van der Waals surface area contributed by atoms with Gasteiger partial charge in [0.25, 0.3) is 0 Å². The summed E-state index contributed by atoms with van der Waals surface area (Å²) in [4.78, 5) is 15.6. The van der Waals surface area contributed by atoms with Gasteiger partial charge in [0.2, 0.25) is 5.95 Å². The van der Waals surface area contributed by atoms with Crippen LogP contribution < -0.4 is 0 Å². The molecule has 6 heteroatoms. The van der Waals surface area contributed by atoms with E-state index in [1.165, 1.54) is 0 Å². The second-order valence-corrected chi connectivity index (χ2v) is 13.9. The van der Waals surface area contributed by atoms with Crippen molar-refractivity contribution in [3.8, 4) is 62.4 Å². The molecule has 56 heavy (non-hydrogen) atoms. The first-order valence-corrected chi connectivity index (χ1v) is 18.7. The number of para-hydroxylation sites is 2. The fourth-order valence-electron chi connectivity index (χ4n) is 8.04. The summed E-state index contributed by atoms with van der Waals surface area (Å²) >= 11 is 0. The maximum Gasteiger partial charge on any atom is 0.238 e. The van der Waals surface area contributed by atoms with Crippen LogP contribution in [0.1, 0.15) is 0 Å². The third-order valence-electron chi connectivity index (χ3n) is 10.6. The Morgan fingerprint density at radius 2 is 0.893 bits per heavy atom. The Morgan fingerprint density at radius 3 is 1.57 bits per heavy atom. The summed E-state index contributed by atoms with van der Waals surface area (Å²) in [6, 6.07) is 67.3. The molecular weight excluding hydrogens is 685 g/mol. The monoisotopic (exact) mass is 716 g/mol. The van der Waals surface area contributed by atoms with Gasteiger partial charge in [-0.2, -0.15) is 15.1 Å². The molecule has 4 heterocycles. The topological polar surface area (TPSA) is 60.9 Å². The predicted molar refractivity (Wildman–Crippen MR) is 228 cm³/mol. The lowest BCUT2D eigenvalue weighted by atomic mass is 9.95. The average molecular weight is 717 g/mol. The Kier molecular flexibility index (Phi) is 7.38. The fraction of sp³-hybridized carbons (Fsp3) is 0. The standard InChI is InChI=1S/C50H32N6/c1-4-17-33(18-5-1)44-32-36-23-10-11-26-39(36)47-45(46(54-56(44)47)34-19-6-2-7-20-34)37-24-16-25-38(31-37)49-51-48(35-21-8-3-9-22-35)52-50(53-49)55-42-29-14-12-27-40(42)41-28-13-15-30-43(41)55/h1-32H. The van der Waals surface area contributed by atoms with Crippen LogP contribution in [0.5, 0.6) is 0 Å². The van der Waals surface area contributed by atoms with Crippen LogP contribution in [0.4, 0.5) is 0 Å². The summed E-state index contributed by atoms with van der Waals surface area (Å²) in [5, 5.41) is 10.00. The Labute approximate surface area is 322 Å². The summed E-state index contributed by atoms with van der Waals surface area (Å²) in [6.45, 7) is 0. The Balaban J connectivity index is 1.18. The van der Waals surface area contributed by atoms with E-state index in [9.17, 15) is 0 Å². The minimum absolute atomic E-state index is 0.566. The van der Waals surface area contributed by atoms with Crippen molar-refractivity contribution >= 4 is 38.1 Å². The lowest BCUT2D eigenvalue weighted by Crippen LogP contribution is -2.06. The highest BCUT2D eigenvalue weighted by atomic mass is 15.2. The Hall–Kier alpha value is -7.70. The molecule has 11 aromatic rings. The van der Waals surface area contributed by atoms with Gasteiger partial charge in [-0.05, 0) is 35.2 Å². The first-order valence-electron chi connectivity index (χ1n) is 18.7. The second kappa shape index (κ2) is 13.0. The maximum atomic E-state index is 5.42. The molecule has 0 atom stereocenters. The molecule has 0 bridgehead atoms. The van der Waals surface area contributed by atoms with Gasteiger partial charge in [-0.15, -0.1) is 0 Å². The lowest BCUT2D eigenvalue weighted by Gasteiger charge is -2.12. The van der Waals surface area contributed by atoms with Crippen molar-refractivity contribution in [3.63, 3.8) is 0 Å². The van der Waals surface area contributed by atoms with Crippen LogP contribution in [0, 0.1) is 0 Å². The minimum atomic E-state index is 0.566. The highest BCUT2D eigenvalue weighted by Crippen LogP contribution is 2.42. The molecule has 6 nitrogen and oxygen atoms in total. The molecule has 0 N–H and O–H groups in total. The molecule has 262 valence electrons. The third kappa shape index (κ3) is 5.19. The molecule has 0 aliphatic carbocycles. The highest BCUT2D eigenvalue weighted by Gasteiger charge is 2.23. The smallest absolute Gasteiger partial charge is 0.238 e. The number of fused-ring (bicyclic) bond motifs is 6. The van der Waals surface area contributed by atoms with Crippen molar-refractivity contribution in [2.24, 2.45) is 0 Å². The van der Waals surface area contributed by atoms with Gasteiger partial charge in [0, 0.05) is 44.0 Å². The van der Waals surface area contributed by atoms with Gasteiger partial charge in [-0.3, -0.25) is 4.57 Å². The van der Waals surface area contributed by atoms with Gasteiger partial charge in [0.1, 0.15) is 5.69 Å². The van der Waals surface area contributed by atoms with E-state index < -0.39 is 0 Å². The minimum Gasteiger partial charge on any atom is -0.278 e. The van der Waals surface area contributed by atoms with Crippen LogP contribution in [0.25, 0.3) is 100 Å². The summed E-state index contributed by atoms with van der Waals surface area (Å²) in [5.41, 5.74) is 11.1. The van der Waals surface area contributed by atoms with Gasteiger partial charge in [0.15, 0.2) is 11.6 Å². The van der Waals surface area contributed by atoms with E-state index in [-0.39, 0.29) is 0 Å². The number of rotatable bonds is 6. The summed E-state index contributed by atoms with van der Waals surface area (Å²) in [7, 11) is 0. The van der Waals surface area contributed by atoms with Gasteiger partial charge < -0.3 is 0 Å². The molecule has 0 unspecified atom stereocenters. The molecule has 0 fully saturated rings. The quantitative estimate of drug-likeness (QED) is 0.172. The van der Waals surface area contributed by atoms with Crippen LogP contribution in [0.3, 0.4) is 0 Å². The highest BCUT2D eigenvalue weighted by molar-refractivity contribution is 6.10. The molecule has 0 radical (unpaired) electrons. The first kappa shape index (κ1) is 31.8. The molecule has 4 aromatic heterocycles. The third-order valence-corrected chi connectivity index (χ3v) is 10.6. The van der Waals surface area contributed by atoms with Gasteiger partial charge >= 0.3 is 0 Å². The number of pyridine rings is 1. The molecule has 0 spiro atoms. The first-order chi connectivity index (χ1) is 27.8. The van der Waals surface area contributed by atoms with Crippen molar-refractivity contribution < 1.29 is 0 Å². The summed E-state index contributed by atoms with van der Waals surface area (Å²) < 4.78 is 4.28. The molecule has 0 saturated heterocycles. The SMILES string of the molecule is c1ccc(-c2nc(-c3cccc(-c4c(-c5ccccc5)nn5c(-c6ccccc6)cc6ccccc6c45)c3)nc(-n3c4ccccc4c4ccccc43)n2)cc1. The van der Waals surface area contributed by atoms with Crippen molar-refractivity contribution in [3.05, 3.63) is 194 Å². The van der Waals surface area contributed by atoms with Gasteiger partial charge in [-0.1, -0.05) is 170 Å². The van der Waals surface area contributed by atoms with E-state index in [1.54, 1.807) is 0 Å². The second-order valence-electron chi connectivity index (χ2n) is 13.9.